The highest BCUT2D eigenvalue weighted by molar-refractivity contribution is 6.42. The van der Waals surface area contributed by atoms with E-state index < -0.39 is 17.2 Å². The molecule has 3 heterocycles. The molecule has 7 nitrogen and oxygen atoms in total. The molecule has 0 saturated heterocycles. The van der Waals surface area contributed by atoms with Gasteiger partial charge in [0.25, 0.3) is 5.56 Å². The summed E-state index contributed by atoms with van der Waals surface area (Å²) in [5.41, 5.74) is 1.74. The van der Waals surface area contributed by atoms with Gasteiger partial charge < -0.3 is 5.32 Å². The molecule has 3 aromatic rings. The van der Waals surface area contributed by atoms with E-state index >= 15 is 0 Å². The summed E-state index contributed by atoms with van der Waals surface area (Å²) in [6.45, 7) is 1.86. The van der Waals surface area contributed by atoms with Gasteiger partial charge in [-0.2, -0.15) is 5.10 Å². The smallest absolute Gasteiger partial charge is 0.324 e. The number of nitrogens with zero attached hydrogens (tertiary/aromatic N) is 1. The first kappa shape index (κ1) is 15.0. The summed E-state index contributed by atoms with van der Waals surface area (Å²) in [6.07, 6.45) is 0. The molecule has 9 heteroatoms. The Morgan fingerprint density at radius 1 is 1.08 bits per heavy atom. The molecule has 0 amide bonds. The van der Waals surface area contributed by atoms with Crippen molar-refractivity contribution in [1.82, 2.24) is 20.2 Å². The minimum Gasteiger partial charge on any atom is -0.324 e. The molecule has 1 aliphatic rings. The lowest BCUT2D eigenvalue weighted by Crippen LogP contribution is -2.31. The van der Waals surface area contributed by atoms with E-state index in [2.05, 4.69) is 25.5 Å². The second-order valence-electron chi connectivity index (χ2n) is 5.54. The Balaban J connectivity index is 2.05. The van der Waals surface area contributed by atoms with Crippen molar-refractivity contribution in [3.8, 4) is 0 Å². The van der Waals surface area contributed by atoms with Gasteiger partial charge in [0.2, 0.25) is 0 Å². The van der Waals surface area contributed by atoms with Crippen LogP contribution < -0.4 is 16.6 Å². The molecule has 0 bridgehead atoms. The van der Waals surface area contributed by atoms with Crippen molar-refractivity contribution >= 4 is 34.8 Å². The molecule has 0 unspecified atom stereocenters. The van der Waals surface area contributed by atoms with Gasteiger partial charge in [-0.05, 0) is 24.6 Å². The molecule has 0 radical (unpaired) electrons. The SMILES string of the molecule is Cc1[nH]nc2c1[C@H](c1ccc(Cl)c(Cl)c1)c1c([nH]c(=O)[nH]c1=O)N2. The summed E-state index contributed by atoms with van der Waals surface area (Å²) in [5.74, 6) is 0.432. The Morgan fingerprint density at radius 3 is 2.62 bits per heavy atom. The zero-order valence-corrected chi connectivity index (χ0v) is 13.8. The van der Waals surface area contributed by atoms with Crippen LogP contribution in [0, 0.1) is 6.92 Å². The Morgan fingerprint density at radius 2 is 1.88 bits per heavy atom. The van der Waals surface area contributed by atoms with E-state index in [1.54, 1.807) is 18.2 Å². The fourth-order valence-electron chi connectivity index (χ4n) is 3.04. The third-order valence-corrected chi connectivity index (χ3v) is 4.81. The highest BCUT2D eigenvalue weighted by atomic mass is 35.5. The average molecular weight is 364 g/mol. The van der Waals surface area contributed by atoms with Crippen molar-refractivity contribution in [2.45, 2.75) is 12.8 Å². The maximum atomic E-state index is 12.5. The zero-order chi connectivity index (χ0) is 17.0. The minimum absolute atomic E-state index is 0.318. The number of fused-ring (bicyclic) bond motifs is 2. The number of aromatic amines is 3. The van der Waals surface area contributed by atoms with Gasteiger partial charge in [-0.25, -0.2) is 4.79 Å². The minimum atomic E-state index is -0.588. The Kier molecular flexibility index (Phi) is 3.29. The molecule has 24 heavy (non-hydrogen) atoms. The highest BCUT2D eigenvalue weighted by Crippen LogP contribution is 2.43. The van der Waals surface area contributed by atoms with E-state index in [9.17, 15) is 9.59 Å². The maximum absolute atomic E-state index is 12.5. The topological polar surface area (TPSA) is 106 Å². The Labute approximate surface area is 145 Å². The van der Waals surface area contributed by atoms with Crippen LogP contribution in [-0.4, -0.2) is 20.2 Å². The monoisotopic (exact) mass is 363 g/mol. The quantitative estimate of drug-likeness (QED) is 0.417. The number of benzene rings is 1. The molecule has 1 aliphatic heterocycles. The standard InChI is InChI=1S/C15H11Cl2N5O2/c1-5-9-10(6-2-3-7(16)8(17)4-6)11-12(18-13(9)22-21-5)19-15(24)20-14(11)23/h2-4,10H,1H3,(H4,18,19,20,21,22,23,24)/t10-/m0/s1. The third-order valence-electron chi connectivity index (χ3n) is 4.07. The summed E-state index contributed by atoms with van der Waals surface area (Å²) in [7, 11) is 0. The molecule has 4 rings (SSSR count). The van der Waals surface area contributed by atoms with Gasteiger partial charge >= 0.3 is 5.69 Å². The highest BCUT2D eigenvalue weighted by Gasteiger charge is 2.34. The summed E-state index contributed by atoms with van der Waals surface area (Å²) < 4.78 is 0. The number of hydrogen-bond donors (Lipinski definition) is 4. The van der Waals surface area contributed by atoms with Gasteiger partial charge in [0.05, 0.1) is 15.6 Å². The number of rotatable bonds is 1. The number of aromatic nitrogens is 4. The van der Waals surface area contributed by atoms with Crippen LogP contribution in [0.3, 0.4) is 0 Å². The molecule has 0 fully saturated rings. The number of H-pyrrole nitrogens is 3. The number of aryl methyl sites for hydroxylation is 1. The predicted molar refractivity (Wildman–Crippen MR) is 91.7 cm³/mol. The second-order valence-corrected chi connectivity index (χ2v) is 6.35. The van der Waals surface area contributed by atoms with E-state index in [-0.39, 0.29) is 0 Å². The van der Waals surface area contributed by atoms with Crippen molar-refractivity contribution in [2.75, 3.05) is 5.32 Å². The Bertz CT molecular complexity index is 1080. The number of hydrogen-bond acceptors (Lipinski definition) is 4. The van der Waals surface area contributed by atoms with E-state index in [1.165, 1.54) is 0 Å². The van der Waals surface area contributed by atoms with Crippen LogP contribution in [0.25, 0.3) is 0 Å². The molecule has 0 aliphatic carbocycles. The molecule has 0 spiro atoms. The largest absolute Gasteiger partial charge is 0.327 e. The van der Waals surface area contributed by atoms with Crippen LogP contribution in [0.1, 0.15) is 28.3 Å². The summed E-state index contributed by atoms with van der Waals surface area (Å²) >= 11 is 12.2. The molecule has 1 atom stereocenters. The third kappa shape index (κ3) is 2.16. The van der Waals surface area contributed by atoms with Crippen molar-refractivity contribution in [1.29, 1.82) is 0 Å². The molecule has 1 aromatic carbocycles. The number of nitrogens with one attached hydrogen (secondary N) is 4. The van der Waals surface area contributed by atoms with Gasteiger partial charge in [-0.15, -0.1) is 0 Å². The zero-order valence-electron chi connectivity index (χ0n) is 12.3. The lowest BCUT2D eigenvalue weighted by atomic mass is 9.83. The van der Waals surface area contributed by atoms with Gasteiger partial charge in [0, 0.05) is 17.2 Å². The molecule has 0 saturated carbocycles. The van der Waals surface area contributed by atoms with Crippen molar-refractivity contribution in [2.24, 2.45) is 0 Å². The maximum Gasteiger partial charge on any atom is 0.327 e. The van der Waals surface area contributed by atoms with Gasteiger partial charge in [0.1, 0.15) is 5.82 Å². The van der Waals surface area contributed by atoms with Crippen LogP contribution in [-0.2, 0) is 0 Å². The molecule has 4 N–H and O–H groups in total. The average Bonchev–Trinajstić information content (AvgIpc) is 2.89. The van der Waals surface area contributed by atoms with Gasteiger partial charge in [-0.3, -0.25) is 19.9 Å². The first-order valence-corrected chi connectivity index (χ1v) is 7.84. The molecule has 122 valence electrons. The van der Waals surface area contributed by atoms with Crippen LogP contribution in [0.2, 0.25) is 10.0 Å². The van der Waals surface area contributed by atoms with Crippen molar-refractivity contribution in [3.05, 3.63) is 71.5 Å². The fraction of sp³-hybridized carbons (Fsp3) is 0.133. The Hall–Kier alpha value is -2.51. The lowest BCUT2D eigenvalue weighted by molar-refractivity contribution is 0.881. The first-order chi connectivity index (χ1) is 11.5. The van der Waals surface area contributed by atoms with Gasteiger partial charge in [-0.1, -0.05) is 29.3 Å². The van der Waals surface area contributed by atoms with E-state index in [0.717, 1.165) is 16.8 Å². The van der Waals surface area contributed by atoms with Crippen LogP contribution in [0.5, 0.6) is 0 Å². The first-order valence-electron chi connectivity index (χ1n) is 7.09. The second kappa shape index (κ2) is 5.25. The number of halogens is 2. The van der Waals surface area contributed by atoms with Crippen molar-refractivity contribution in [3.63, 3.8) is 0 Å². The summed E-state index contributed by atoms with van der Waals surface area (Å²) in [6, 6.07) is 5.19. The van der Waals surface area contributed by atoms with Crippen LogP contribution >= 0.6 is 23.2 Å². The van der Waals surface area contributed by atoms with Crippen molar-refractivity contribution < 1.29 is 0 Å². The van der Waals surface area contributed by atoms with Crippen LogP contribution in [0.4, 0.5) is 11.6 Å². The van der Waals surface area contributed by atoms with E-state index in [0.29, 0.717) is 27.2 Å². The molecular weight excluding hydrogens is 353 g/mol. The number of anilines is 2. The predicted octanol–water partition coefficient (Wildman–Crippen LogP) is 2.64. The molecule has 2 aromatic heterocycles. The summed E-state index contributed by atoms with van der Waals surface area (Å²) in [5, 5.41) is 10.9. The fourth-order valence-corrected chi connectivity index (χ4v) is 3.35. The van der Waals surface area contributed by atoms with Gasteiger partial charge in [0.15, 0.2) is 5.82 Å². The lowest BCUT2D eigenvalue weighted by Gasteiger charge is -2.25. The van der Waals surface area contributed by atoms with E-state index in [4.69, 9.17) is 23.2 Å². The summed E-state index contributed by atoms with van der Waals surface area (Å²) in [4.78, 5) is 28.9. The van der Waals surface area contributed by atoms with Crippen LogP contribution in [0.15, 0.2) is 27.8 Å². The normalized spacial score (nSPS) is 15.5. The van der Waals surface area contributed by atoms with E-state index in [1.807, 2.05) is 6.92 Å². The molecular formula is C15H11Cl2N5O2.